The van der Waals surface area contributed by atoms with Gasteiger partial charge in [0.25, 0.3) is 5.91 Å². The molecule has 1 spiro atoms. The molecule has 6 nitrogen and oxygen atoms in total. The third-order valence-corrected chi connectivity index (χ3v) is 6.06. The highest BCUT2D eigenvalue weighted by molar-refractivity contribution is 6.30. The first-order chi connectivity index (χ1) is 13.4. The van der Waals surface area contributed by atoms with Crippen molar-refractivity contribution in [2.75, 3.05) is 19.6 Å². The zero-order valence-corrected chi connectivity index (χ0v) is 16.7. The minimum Gasteiger partial charge on any atom is -0.338 e. The number of piperidine rings is 1. The summed E-state index contributed by atoms with van der Waals surface area (Å²) in [6.45, 7) is 4.51. The van der Waals surface area contributed by atoms with Crippen molar-refractivity contribution in [1.82, 2.24) is 19.8 Å². The fraction of sp³-hybridized carbons (Fsp3) is 0.429. The van der Waals surface area contributed by atoms with E-state index >= 15 is 0 Å². The Hall–Kier alpha value is -2.47. The third-order valence-electron chi connectivity index (χ3n) is 5.80. The third kappa shape index (κ3) is 3.87. The van der Waals surface area contributed by atoms with Crippen LogP contribution in [0.15, 0.2) is 36.7 Å². The van der Waals surface area contributed by atoms with Crippen molar-refractivity contribution in [2.45, 2.75) is 32.7 Å². The van der Waals surface area contributed by atoms with Crippen molar-refractivity contribution in [3.05, 3.63) is 58.6 Å². The lowest BCUT2D eigenvalue weighted by atomic mass is 9.77. The van der Waals surface area contributed by atoms with Crippen molar-refractivity contribution < 1.29 is 9.59 Å². The number of hydrogen-bond acceptors (Lipinski definition) is 4. The highest BCUT2D eigenvalue weighted by Crippen LogP contribution is 2.41. The largest absolute Gasteiger partial charge is 0.338 e. The second kappa shape index (κ2) is 7.51. The zero-order chi connectivity index (χ0) is 19.7. The maximum atomic E-state index is 12.6. The van der Waals surface area contributed by atoms with Gasteiger partial charge in [-0.05, 0) is 37.5 Å². The number of carbonyl (C=O) groups is 2. The van der Waals surface area contributed by atoms with Crippen LogP contribution in [0.4, 0.5) is 0 Å². The molecule has 1 aromatic heterocycles. The molecule has 2 fully saturated rings. The van der Waals surface area contributed by atoms with Crippen LogP contribution in [0, 0.1) is 12.3 Å². The van der Waals surface area contributed by atoms with Crippen molar-refractivity contribution >= 4 is 23.4 Å². The minimum absolute atomic E-state index is 0.0285. The van der Waals surface area contributed by atoms with Crippen LogP contribution in [-0.2, 0) is 11.3 Å². The molecule has 28 heavy (non-hydrogen) atoms. The molecule has 2 aliphatic heterocycles. The van der Waals surface area contributed by atoms with Crippen LogP contribution in [0.1, 0.15) is 41.0 Å². The first kappa shape index (κ1) is 18.9. The Morgan fingerprint density at radius 3 is 2.50 bits per heavy atom. The van der Waals surface area contributed by atoms with E-state index in [0.717, 1.165) is 30.6 Å². The molecule has 3 heterocycles. The van der Waals surface area contributed by atoms with Crippen LogP contribution < -0.4 is 0 Å². The fourth-order valence-electron chi connectivity index (χ4n) is 4.12. The smallest absolute Gasteiger partial charge is 0.274 e. The van der Waals surface area contributed by atoms with Crippen molar-refractivity contribution in [2.24, 2.45) is 5.41 Å². The molecular formula is C21H23ClN4O2. The average Bonchev–Trinajstić information content (AvgIpc) is 2.99. The molecule has 2 saturated heterocycles. The van der Waals surface area contributed by atoms with Crippen LogP contribution in [0.5, 0.6) is 0 Å². The fourth-order valence-corrected chi connectivity index (χ4v) is 4.25. The summed E-state index contributed by atoms with van der Waals surface area (Å²) in [7, 11) is 0. The lowest BCUT2D eigenvalue weighted by Gasteiger charge is -2.38. The molecule has 0 N–H and O–H groups in total. The van der Waals surface area contributed by atoms with Crippen LogP contribution in [0.3, 0.4) is 0 Å². The number of aryl methyl sites for hydroxylation is 1. The van der Waals surface area contributed by atoms with E-state index in [-0.39, 0.29) is 17.2 Å². The summed E-state index contributed by atoms with van der Waals surface area (Å²) in [4.78, 5) is 37.4. The minimum atomic E-state index is -0.0790. The van der Waals surface area contributed by atoms with Gasteiger partial charge in [-0.3, -0.25) is 14.6 Å². The van der Waals surface area contributed by atoms with E-state index in [1.165, 1.54) is 6.20 Å². The molecule has 0 bridgehead atoms. The summed E-state index contributed by atoms with van der Waals surface area (Å²) >= 11 is 5.94. The normalized spacial score (nSPS) is 18.7. The zero-order valence-electron chi connectivity index (χ0n) is 15.9. The summed E-state index contributed by atoms with van der Waals surface area (Å²) in [5, 5.41) is 0.697. The molecule has 0 aliphatic carbocycles. The Labute approximate surface area is 169 Å². The van der Waals surface area contributed by atoms with Gasteiger partial charge in [-0.1, -0.05) is 23.7 Å². The van der Waals surface area contributed by atoms with Crippen LogP contribution in [0.2, 0.25) is 5.02 Å². The number of rotatable bonds is 3. The molecule has 2 aromatic rings. The van der Waals surface area contributed by atoms with E-state index in [9.17, 15) is 9.59 Å². The van der Waals surface area contributed by atoms with E-state index in [1.807, 2.05) is 41.0 Å². The summed E-state index contributed by atoms with van der Waals surface area (Å²) in [5.41, 5.74) is 2.23. The Morgan fingerprint density at radius 1 is 1.14 bits per heavy atom. The Kier molecular flexibility index (Phi) is 5.06. The van der Waals surface area contributed by atoms with Gasteiger partial charge in [0.2, 0.25) is 5.91 Å². The molecule has 0 atom stereocenters. The van der Waals surface area contributed by atoms with Crippen molar-refractivity contribution in [1.29, 1.82) is 0 Å². The van der Waals surface area contributed by atoms with Gasteiger partial charge in [-0.25, -0.2) is 4.98 Å². The number of carbonyl (C=O) groups excluding carboxylic acids is 2. The number of hydrogen-bond donors (Lipinski definition) is 0. The van der Waals surface area contributed by atoms with Crippen LogP contribution >= 0.6 is 11.6 Å². The molecule has 0 radical (unpaired) electrons. The topological polar surface area (TPSA) is 66.4 Å². The van der Waals surface area contributed by atoms with Crippen LogP contribution in [0.25, 0.3) is 0 Å². The quantitative estimate of drug-likeness (QED) is 0.796. The van der Waals surface area contributed by atoms with Crippen molar-refractivity contribution in [3.8, 4) is 0 Å². The highest BCUT2D eigenvalue weighted by atomic mass is 35.5. The van der Waals surface area contributed by atoms with Crippen molar-refractivity contribution in [3.63, 3.8) is 0 Å². The summed E-state index contributed by atoms with van der Waals surface area (Å²) in [5.74, 6) is 0.115. The molecule has 2 aliphatic rings. The summed E-state index contributed by atoms with van der Waals surface area (Å²) in [6, 6.07) is 7.63. The Morgan fingerprint density at radius 2 is 1.86 bits per heavy atom. The second-order valence-electron chi connectivity index (χ2n) is 7.89. The van der Waals surface area contributed by atoms with Gasteiger partial charge < -0.3 is 9.80 Å². The SMILES string of the molecule is Cc1cnc(C(=O)N2CCC3(CC2)CC(=O)N(Cc2ccc(Cl)cc2)C3)cn1. The number of aromatic nitrogens is 2. The lowest BCUT2D eigenvalue weighted by Crippen LogP contribution is -2.44. The molecule has 0 unspecified atom stereocenters. The molecule has 0 saturated carbocycles. The highest BCUT2D eigenvalue weighted by Gasteiger charge is 2.45. The van der Waals surface area contributed by atoms with Gasteiger partial charge in [0.05, 0.1) is 11.9 Å². The molecule has 146 valence electrons. The molecule has 7 heteroatoms. The predicted molar refractivity (Wildman–Crippen MR) is 106 cm³/mol. The maximum absolute atomic E-state index is 12.6. The first-order valence-corrected chi connectivity index (χ1v) is 9.92. The van der Waals surface area contributed by atoms with Gasteiger partial charge in [-0.2, -0.15) is 0 Å². The van der Waals surface area contributed by atoms with E-state index in [4.69, 9.17) is 11.6 Å². The van der Waals surface area contributed by atoms with E-state index < -0.39 is 0 Å². The first-order valence-electron chi connectivity index (χ1n) is 9.54. The lowest BCUT2D eigenvalue weighted by molar-refractivity contribution is -0.128. The molecular weight excluding hydrogens is 376 g/mol. The summed E-state index contributed by atoms with van der Waals surface area (Å²) in [6.07, 6.45) is 5.38. The standard InChI is InChI=1S/C21H23ClN4O2/c1-15-11-24-18(12-23-15)20(28)25-8-6-21(7-9-25)10-19(27)26(14-21)13-16-2-4-17(22)5-3-16/h2-5,11-12H,6-10,13-14H2,1H3. The monoisotopic (exact) mass is 398 g/mol. The molecule has 4 rings (SSSR count). The van der Waals surface area contributed by atoms with Gasteiger partial charge in [-0.15, -0.1) is 0 Å². The number of halogens is 1. The van der Waals surface area contributed by atoms with Gasteiger partial charge in [0, 0.05) is 49.2 Å². The second-order valence-corrected chi connectivity index (χ2v) is 8.32. The van der Waals surface area contributed by atoms with E-state index in [1.54, 1.807) is 6.20 Å². The van der Waals surface area contributed by atoms with E-state index in [2.05, 4.69) is 9.97 Å². The number of likely N-dealkylation sites (tertiary alicyclic amines) is 2. The number of nitrogens with zero attached hydrogens (tertiary/aromatic N) is 4. The maximum Gasteiger partial charge on any atom is 0.274 e. The Balaban J connectivity index is 1.37. The molecule has 2 amide bonds. The number of amides is 2. The molecule has 1 aromatic carbocycles. The predicted octanol–water partition coefficient (Wildman–Crippen LogP) is 3.09. The van der Waals surface area contributed by atoms with Gasteiger partial charge in [0.15, 0.2) is 0 Å². The van der Waals surface area contributed by atoms with Gasteiger partial charge in [0.1, 0.15) is 5.69 Å². The Bertz CT molecular complexity index is 874. The summed E-state index contributed by atoms with van der Waals surface area (Å²) < 4.78 is 0. The van der Waals surface area contributed by atoms with Gasteiger partial charge >= 0.3 is 0 Å². The van der Waals surface area contributed by atoms with Crippen LogP contribution in [-0.4, -0.2) is 51.2 Å². The average molecular weight is 399 g/mol. The number of benzene rings is 1. The van der Waals surface area contributed by atoms with E-state index in [0.29, 0.717) is 36.8 Å².